The van der Waals surface area contributed by atoms with Gasteiger partial charge in [-0.05, 0) is 42.7 Å². The highest BCUT2D eigenvalue weighted by Crippen LogP contribution is 2.21. The van der Waals surface area contributed by atoms with Crippen molar-refractivity contribution < 1.29 is 18.1 Å². The van der Waals surface area contributed by atoms with E-state index in [4.69, 9.17) is 0 Å². The lowest BCUT2D eigenvalue weighted by atomic mass is 10.1. The quantitative estimate of drug-likeness (QED) is 0.673. The number of benzene rings is 2. The van der Waals surface area contributed by atoms with Crippen LogP contribution in [0, 0.1) is 0 Å². The SMILES string of the molecule is C[NH+](C)[C@@H](CNC(=O)c1ccc(S(=O)(=O)N2CCCC2)cc1)Cc1ccccc1. The van der Waals surface area contributed by atoms with Crippen molar-refractivity contribution in [2.75, 3.05) is 33.7 Å². The van der Waals surface area contributed by atoms with Gasteiger partial charge in [-0.25, -0.2) is 8.42 Å². The van der Waals surface area contributed by atoms with Crippen molar-refractivity contribution in [3.63, 3.8) is 0 Å². The summed E-state index contributed by atoms with van der Waals surface area (Å²) in [5, 5.41) is 2.99. The van der Waals surface area contributed by atoms with Crippen molar-refractivity contribution in [2.45, 2.75) is 30.2 Å². The number of nitrogens with zero attached hydrogens (tertiary/aromatic N) is 1. The van der Waals surface area contributed by atoms with Crippen molar-refractivity contribution in [1.82, 2.24) is 9.62 Å². The zero-order chi connectivity index (χ0) is 20.9. The molecule has 156 valence electrons. The van der Waals surface area contributed by atoms with E-state index in [1.807, 2.05) is 18.2 Å². The summed E-state index contributed by atoms with van der Waals surface area (Å²) in [4.78, 5) is 14.1. The molecule has 0 saturated carbocycles. The van der Waals surface area contributed by atoms with Crippen LogP contribution in [0.2, 0.25) is 0 Å². The Kier molecular flexibility index (Phi) is 7.05. The zero-order valence-electron chi connectivity index (χ0n) is 17.1. The Morgan fingerprint density at radius 2 is 1.66 bits per heavy atom. The number of likely N-dealkylation sites (N-methyl/N-ethyl adjacent to an activating group) is 1. The maximum atomic E-state index is 12.6. The molecule has 1 fully saturated rings. The minimum atomic E-state index is -3.45. The second kappa shape index (κ2) is 9.52. The second-order valence-electron chi connectivity index (χ2n) is 7.81. The fourth-order valence-electron chi connectivity index (χ4n) is 3.55. The van der Waals surface area contributed by atoms with E-state index >= 15 is 0 Å². The molecule has 2 aromatic carbocycles. The summed E-state index contributed by atoms with van der Waals surface area (Å²) in [6.07, 6.45) is 2.67. The fourth-order valence-corrected chi connectivity index (χ4v) is 5.07. The molecule has 0 bridgehead atoms. The molecule has 1 atom stereocenters. The van der Waals surface area contributed by atoms with E-state index in [0.717, 1.165) is 19.3 Å². The molecule has 6 nitrogen and oxygen atoms in total. The molecule has 7 heteroatoms. The maximum Gasteiger partial charge on any atom is 0.251 e. The molecule has 0 radical (unpaired) electrons. The standard InChI is InChI=1S/C22H29N3O3S/c1-24(2)20(16-18-8-4-3-5-9-18)17-23-22(26)19-10-12-21(13-11-19)29(27,28)25-14-6-7-15-25/h3-5,8-13,20H,6-7,14-17H2,1-2H3,(H,23,26)/p+1/t20-/m1/s1. The Balaban J connectivity index is 1.61. The number of nitrogens with one attached hydrogen (secondary N) is 2. The monoisotopic (exact) mass is 416 g/mol. The number of rotatable bonds is 8. The highest BCUT2D eigenvalue weighted by Gasteiger charge is 2.27. The Morgan fingerprint density at radius 1 is 1.03 bits per heavy atom. The van der Waals surface area contributed by atoms with Gasteiger partial charge < -0.3 is 10.2 Å². The zero-order valence-corrected chi connectivity index (χ0v) is 17.9. The number of hydrogen-bond donors (Lipinski definition) is 2. The molecule has 1 aliphatic rings. The molecular weight excluding hydrogens is 386 g/mol. The van der Waals surface area contributed by atoms with Crippen molar-refractivity contribution in [3.8, 4) is 0 Å². The molecule has 0 unspecified atom stereocenters. The average Bonchev–Trinajstić information content (AvgIpc) is 3.27. The Labute approximate surface area is 173 Å². The molecule has 0 spiro atoms. The van der Waals surface area contributed by atoms with Crippen LogP contribution in [0.25, 0.3) is 0 Å². The summed E-state index contributed by atoms with van der Waals surface area (Å²) < 4.78 is 26.7. The number of hydrogen-bond acceptors (Lipinski definition) is 3. The third-order valence-corrected chi connectivity index (χ3v) is 7.38. The van der Waals surface area contributed by atoms with Gasteiger partial charge in [-0.15, -0.1) is 0 Å². The number of carbonyl (C=O) groups is 1. The first kappa shape index (κ1) is 21.5. The van der Waals surface area contributed by atoms with Gasteiger partial charge in [-0.1, -0.05) is 30.3 Å². The van der Waals surface area contributed by atoms with Crippen LogP contribution >= 0.6 is 0 Å². The predicted octanol–water partition coefficient (Wildman–Crippen LogP) is 0.957. The lowest BCUT2D eigenvalue weighted by Crippen LogP contribution is -3.11. The summed E-state index contributed by atoms with van der Waals surface area (Å²) in [6, 6.07) is 16.7. The van der Waals surface area contributed by atoms with Crippen LogP contribution < -0.4 is 10.2 Å². The van der Waals surface area contributed by atoms with Gasteiger partial charge in [0, 0.05) is 25.1 Å². The summed E-state index contributed by atoms with van der Waals surface area (Å²) >= 11 is 0. The van der Waals surface area contributed by atoms with Crippen molar-refractivity contribution in [1.29, 1.82) is 0 Å². The molecule has 1 saturated heterocycles. The van der Waals surface area contributed by atoms with E-state index in [9.17, 15) is 13.2 Å². The van der Waals surface area contributed by atoms with Gasteiger partial charge in [0.1, 0.15) is 6.04 Å². The maximum absolute atomic E-state index is 12.6. The first-order valence-electron chi connectivity index (χ1n) is 10.1. The highest BCUT2D eigenvalue weighted by molar-refractivity contribution is 7.89. The van der Waals surface area contributed by atoms with E-state index in [1.54, 1.807) is 12.1 Å². The van der Waals surface area contributed by atoms with Gasteiger partial charge in [0.15, 0.2) is 0 Å². The summed E-state index contributed by atoms with van der Waals surface area (Å²) in [6.45, 7) is 1.68. The van der Waals surface area contributed by atoms with Gasteiger partial charge in [0.2, 0.25) is 10.0 Å². The molecule has 29 heavy (non-hydrogen) atoms. The first-order chi connectivity index (χ1) is 13.9. The van der Waals surface area contributed by atoms with Gasteiger partial charge in [-0.2, -0.15) is 4.31 Å². The molecule has 0 aromatic heterocycles. The Morgan fingerprint density at radius 3 is 2.24 bits per heavy atom. The second-order valence-corrected chi connectivity index (χ2v) is 9.75. The molecule has 2 N–H and O–H groups in total. The summed E-state index contributed by atoms with van der Waals surface area (Å²) in [7, 11) is 0.708. The molecule has 2 aromatic rings. The van der Waals surface area contributed by atoms with E-state index in [-0.39, 0.29) is 16.8 Å². The average molecular weight is 417 g/mol. The van der Waals surface area contributed by atoms with Crippen LogP contribution in [0.1, 0.15) is 28.8 Å². The molecular formula is C22H30N3O3S+. The van der Waals surface area contributed by atoms with Crippen LogP contribution in [-0.2, 0) is 16.4 Å². The minimum absolute atomic E-state index is 0.186. The molecule has 1 aliphatic heterocycles. The van der Waals surface area contributed by atoms with Gasteiger partial charge in [0.25, 0.3) is 5.91 Å². The van der Waals surface area contributed by atoms with Crippen molar-refractivity contribution in [2.24, 2.45) is 0 Å². The lowest BCUT2D eigenvalue weighted by molar-refractivity contribution is -0.884. The molecule has 1 amide bonds. The molecule has 1 heterocycles. The van der Waals surface area contributed by atoms with Gasteiger partial charge >= 0.3 is 0 Å². The molecule has 3 rings (SSSR count). The fraction of sp³-hybridized carbons (Fsp3) is 0.409. The normalized spacial score (nSPS) is 16.1. The topological polar surface area (TPSA) is 70.9 Å². The minimum Gasteiger partial charge on any atom is -0.346 e. The van der Waals surface area contributed by atoms with E-state index in [0.29, 0.717) is 25.2 Å². The van der Waals surface area contributed by atoms with E-state index in [2.05, 4.69) is 31.5 Å². The Bertz CT molecular complexity index is 906. The third-order valence-electron chi connectivity index (χ3n) is 5.47. The number of sulfonamides is 1. The molecule has 0 aliphatic carbocycles. The Hall–Kier alpha value is -2.22. The van der Waals surface area contributed by atoms with Crippen LogP contribution in [0.5, 0.6) is 0 Å². The van der Waals surface area contributed by atoms with Gasteiger partial charge in [0.05, 0.1) is 25.5 Å². The summed E-state index contributed by atoms with van der Waals surface area (Å²) in [5.41, 5.74) is 1.71. The van der Waals surface area contributed by atoms with Crippen LogP contribution in [0.15, 0.2) is 59.5 Å². The lowest BCUT2D eigenvalue weighted by Gasteiger charge is -2.22. The summed E-state index contributed by atoms with van der Waals surface area (Å²) in [5.74, 6) is -0.186. The van der Waals surface area contributed by atoms with Gasteiger partial charge in [-0.3, -0.25) is 4.79 Å². The number of carbonyl (C=O) groups excluding carboxylic acids is 1. The van der Waals surface area contributed by atoms with Crippen molar-refractivity contribution >= 4 is 15.9 Å². The smallest absolute Gasteiger partial charge is 0.251 e. The largest absolute Gasteiger partial charge is 0.346 e. The van der Waals surface area contributed by atoms with E-state index < -0.39 is 10.0 Å². The third kappa shape index (κ3) is 5.44. The first-order valence-corrected chi connectivity index (χ1v) is 11.5. The van der Waals surface area contributed by atoms with Crippen LogP contribution in [0.4, 0.5) is 0 Å². The number of quaternary nitrogens is 1. The van der Waals surface area contributed by atoms with Crippen molar-refractivity contribution in [3.05, 3.63) is 65.7 Å². The number of amides is 1. The predicted molar refractivity (Wildman–Crippen MR) is 114 cm³/mol. The van der Waals surface area contributed by atoms with E-state index in [1.165, 1.54) is 26.9 Å². The van der Waals surface area contributed by atoms with Crippen LogP contribution in [-0.4, -0.2) is 58.4 Å². The highest BCUT2D eigenvalue weighted by atomic mass is 32.2. The van der Waals surface area contributed by atoms with Crippen LogP contribution in [0.3, 0.4) is 0 Å².